The number of benzene rings is 1. The maximum absolute atomic E-state index is 11.7. The zero-order valence-electron chi connectivity index (χ0n) is 12.6. The average Bonchev–Trinajstić information content (AvgIpc) is 2.53. The van der Waals surface area contributed by atoms with E-state index in [0.29, 0.717) is 30.3 Å². The van der Waals surface area contributed by atoms with E-state index < -0.39 is 24.6 Å². The standard InChI is InChI=1S/C15H17NO7/c1-2-20-15(19)16-13(17)9-23-14(18)8-10-3-4-11-12(7-10)22-6-5-21-11/h3-4,7H,2,5-6,8-9H2,1H3,(H,16,17,19). The minimum Gasteiger partial charge on any atom is -0.486 e. The van der Waals surface area contributed by atoms with Crippen LogP contribution in [0.1, 0.15) is 12.5 Å². The first kappa shape index (κ1) is 16.6. The molecule has 0 aliphatic carbocycles. The number of ether oxygens (including phenoxy) is 4. The van der Waals surface area contributed by atoms with Crippen molar-refractivity contribution in [1.29, 1.82) is 0 Å². The Bertz CT molecular complexity index is 599. The molecule has 0 unspecified atom stereocenters. The number of carbonyl (C=O) groups is 3. The molecule has 8 heteroatoms. The molecule has 0 saturated heterocycles. The van der Waals surface area contributed by atoms with Crippen LogP contribution in [0.15, 0.2) is 18.2 Å². The molecule has 1 N–H and O–H groups in total. The molecule has 0 bridgehead atoms. The average molecular weight is 323 g/mol. The van der Waals surface area contributed by atoms with Gasteiger partial charge in [0, 0.05) is 0 Å². The van der Waals surface area contributed by atoms with Crippen molar-refractivity contribution in [3.05, 3.63) is 23.8 Å². The Morgan fingerprint density at radius 3 is 2.61 bits per heavy atom. The fraction of sp³-hybridized carbons (Fsp3) is 0.400. The first-order valence-corrected chi connectivity index (χ1v) is 7.09. The Morgan fingerprint density at radius 1 is 1.13 bits per heavy atom. The van der Waals surface area contributed by atoms with Crippen LogP contribution in [0.2, 0.25) is 0 Å². The lowest BCUT2D eigenvalue weighted by Crippen LogP contribution is -2.34. The first-order valence-electron chi connectivity index (χ1n) is 7.09. The van der Waals surface area contributed by atoms with E-state index in [9.17, 15) is 14.4 Å². The van der Waals surface area contributed by atoms with Gasteiger partial charge < -0.3 is 18.9 Å². The molecule has 124 valence electrons. The minimum absolute atomic E-state index is 0.0245. The molecule has 1 aromatic carbocycles. The van der Waals surface area contributed by atoms with E-state index >= 15 is 0 Å². The number of hydrogen-bond donors (Lipinski definition) is 1. The zero-order valence-corrected chi connectivity index (χ0v) is 12.6. The molecule has 2 rings (SSSR count). The highest BCUT2D eigenvalue weighted by Crippen LogP contribution is 2.30. The lowest BCUT2D eigenvalue weighted by Gasteiger charge is -2.18. The van der Waals surface area contributed by atoms with Crippen molar-refractivity contribution in [3.63, 3.8) is 0 Å². The Morgan fingerprint density at radius 2 is 1.87 bits per heavy atom. The largest absolute Gasteiger partial charge is 0.486 e. The fourth-order valence-electron chi connectivity index (χ4n) is 1.88. The molecular weight excluding hydrogens is 306 g/mol. The maximum atomic E-state index is 11.7. The second-order valence-corrected chi connectivity index (χ2v) is 4.58. The normalized spacial score (nSPS) is 12.2. The maximum Gasteiger partial charge on any atom is 0.413 e. The van der Waals surface area contributed by atoms with E-state index in [1.807, 2.05) is 5.32 Å². The van der Waals surface area contributed by atoms with Crippen LogP contribution in [0, 0.1) is 0 Å². The smallest absolute Gasteiger partial charge is 0.413 e. The number of imide groups is 1. The summed E-state index contributed by atoms with van der Waals surface area (Å²) < 4.78 is 20.1. The van der Waals surface area contributed by atoms with Gasteiger partial charge in [-0.3, -0.25) is 14.9 Å². The third-order valence-electron chi connectivity index (χ3n) is 2.84. The Labute approximate surface area is 132 Å². The highest BCUT2D eigenvalue weighted by Gasteiger charge is 2.15. The predicted octanol–water partition coefficient (Wildman–Crippen LogP) is 0.816. The predicted molar refractivity (Wildman–Crippen MR) is 77.3 cm³/mol. The molecule has 1 aliphatic rings. The van der Waals surface area contributed by atoms with Crippen LogP contribution in [-0.4, -0.2) is 44.4 Å². The summed E-state index contributed by atoms with van der Waals surface area (Å²) in [7, 11) is 0. The van der Waals surface area contributed by atoms with Crippen molar-refractivity contribution in [2.24, 2.45) is 0 Å². The third-order valence-corrected chi connectivity index (χ3v) is 2.84. The van der Waals surface area contributed by atoms with Crippen LogP contribution < -0.4 is 14.8 Å². The number of amides is 2. The highest BCUT2D eigenvalue weighted by molar-refractivity contribution is 5.93. The fourth-order valence-corrected chi connectivity index (χ4v) is 1.88. The van der Waals surface area contributed by atoms with Gasteiger partial charge in [0.1, 0.15) is 13.2 Å². The van der Waals surface area contributed by atoms with Gasteiger partial charge in [-0.05, 0) is 24.6 Å². The van der Waals surface area contributed by atoms with Crippen molar-refractivity contribution in [2.45, 2.75) is 13.3 Å². The molecule has 0 atom stereocenters. The molecular formula is C15H17NO7. The van der Waals surface area contributed by atoms with E-state index in [1.165, 1.54) is 0 Å². The van der Waals surface area contributed by atoms with E-state index in [4.69, 9.17) is 14.2 Å². The summed E-state index contributed by atoms with van der Waals surface area (Å²) in [6.07, 6.45) is -0.899. The van der Waals surface area contributed by atoms with Crippen molar-refractivity contribution in [3.8, 4) is 11.5 Å². The minimum atomic E-state index is -0.875. The number of esters is 1. The quantitative estimate of drug-likeness (QED) is 0.800. The first-order chi connectivity index (χ1) is 11.1. The summed E-state index contributed by atoms with van der Waals surface area (Å²) in [6, 6.07) is 5.12. The number of carbonyl (C=O) groups excluding carboxylic acids is 3. The molecule has 23 heavy (non-hydrogen) atoms. The summed E-state index contributed by atoms with van der Waals surface area (Å²) in [5.74, 6) is -0.150. The summed E-state index contributed by atoms with van der Waals surface area (Å²) in [5, 5.41) is 1.93. The Kier molecular flexibility index (Phi) is 5.79. The Hall–Kier alpha value is -2.77. The van der Waals surface area contributed by atoms with Gasteiger partial charge in [0.2, 0.25) is 0 Å². The number of fused-ring (bicyclic) bond motifs is 1. The van der Waals surface area contributed by atoms with Gasteiger partial charge in [-0.25, -0.2) is 4.79 Å². The molecule has 1 aromatic rings. The Balaban J connectivity index is 1.78. The van der Waals surface area contributed by atoms with Crippen LogP contribution in [0.4, 0.5) is 4.79 Å². The molecule has 0 radical (unpaired) electrons. The lowest BCUT2D eigenvalue weighted by atomic mass is 10.1. The van der Waals surface area contributed by atoms with Crippen LogP contribution in [-0.2, 0) is 25.5 Å². The summed E-state index contributed by atoms with van der Waals surface area (Å²) in [4.78, 5) is 34.1. The molecule has 1 heterocycles. The molecule has 1 aliphatic heterocycles. The summed E-state index contributed by atoms with van der Waals surface area (Å²) in [5.41, 5.74) is 0.671. The van der Waals surface area contributed by atoms with Crippen molar-refractivity contribution in [1.82, 2.24) is 5.32 Å². The monoisotopic (exact) mass is 323 g/mol. The highest BCUT2D eigenvalue weighted by atomic mass is 16.6. The number of hydrogen-bond acceptors (Lipinski definition) is 7. The molecule has 2 amide bonds. The van der Waals surface area contributed by atoms with E-state index in [1.54, 1.807) is 25.1 Å². The molecule has 0 spiro atoms. The van der Waals surface area contributed by atoms with Gasteiger partial charge in [0.05, 0.1) is 13.0 Å². The van der Waals surface area contributed by atoms with E-state index in [2.05, 4.69) is 4.74 Å². The van der Waals surface area contributed by atoms with Gasteiger partial charge in [-0.15, -0.1) is 0 Å². The topological polar surface area (TPSA) is 100 Å². The lowest BCUT2D eigenvalue weighted by molar-refractivity contribution is -0.147. The van der Waals surface area contributed by atoms with Crippen molar-refractivity contribution in [2.75, 3.05) is 26.4 Å². The van der Waals surface area contributed by atoms with Crippen molar-refractivity contribution < 1.29 is 33.3 Å². The van der Waals surface area contributed by atoms with E-state index in [0.717, 1.165) is 0 Å². The molecule has 0 aromatic heterocycles. The van der Waals surface area contributed by atoms with Gasteiger partial charge in [-0.1, -0.05) is 6.07 Å². The number of nitrogens with one attached hydrogen (secondary N) is 1. The molecule has 0 fully saturated rings. The van der Waals surface area contributed by atoms with Gasteiger partial charge in [0.25, 0.3) is 5.91 Å². The third kappa shape index (κ3) is 5.17. The SMILES string of the molecule is CCOC(=O)NC(=O)COC(=O)Cc1ccc2c(c1)OCCO2. The summed E-state index contributed by atoms with van der Waals surface area (Å²) >= 11 is 0. The van der Waals surface area contributed by atoms with Crippen LogP contribution in [0.3, 0.4) is 0 Å². The van der Waals surface area contributed by atoms with E-state index in [-0.39, 0.29) is 13.0 Å². The van der Waals surface area contributed by atoms with Gasteiger partial charge in [-0.2, -0.15) is 0 Å². The summed E-state index contributed by atoms with van der Waals surface area (Å²) in [6.45, 7) is 2.14. The van der Waals surface area contributed by atoms with Crippen LogP contribution in [0.5, 0.6) is 11.5 Å². The van der Waals surface area contributed by atoms with Gasteiger partial charge >= 0.3 is 12.1 Å². The molecule has 0 saturated carbocycles. The number of rotatable bonds is 5. The number of alkyl carbamates (subject to hydrolysis) is 1. The second kappa shape index (κ2) is 8.02. The molecule has 8 nitrogen and oxygen atoms in total. The van der Waals surface area contributed by atoms with Crippen LogP contribution >= 0.6 is 0 Å². The van der Waals surface area contributed by atoms with Crippen molar-refractivity contribution >= 4 is 18.0 Å². The van der Waals surface area contributed by atoms with Crippen LogP contribution in [0.25, 0.3) is 0 Å². The van der Waals surface area contributed by atoms with Gasteiger partial charge in [0.15, 0.2) is 18.1 Å². The second-order valence-electron chi connectivity index (χ2n) is 4.58. The zero-order chi connectivity index (χ0) is 16.7.